The van der Waals surface area contributed by atoms with Gasteiger partial charge < -0.3 is 10.2 Å². The van der Waals surface area contributed by atoms with Crippen LogP contribution in [-0.4, -0.2) is 22.2 Å². The first kappa shape index (κ1) is 18.1. The van der Waals surface area contributed by atoms with Crippen LogP contribution in [0, 0.1) is 5.82 Å². The lowest BCUT2D eigenvalue weighted by Crippen LogP contribution is -2.07. The lowest BCUT2D eigenvalue weighted by atomic mass is 9.97. The Morgan fingerprint density at radius 2 is 1.70 bits per heavy atom. The van der Waals surface area contributed by atoms with Crippen molar-refractivity contribution in [1.82, 2.24) is 0 Å². The summed E-state index contributed by atoms with van der Waals surface area (Å²) in [6.07, 6.45) is 0.833. The zero-order valence-corrected chi connectivity index (χ0v) is 12.6. The summed E-state index contributed by atoms with van der Waals surface area (Å²) in [7, 11) is 0. The molecule has 4 nitrogen and oxygen atoms in total. The fourth-order valence-corrected chi connectivity index (χ4v) is 1.80. The van der Waals surface area contributed by atoms with Crippen LogP contribution in [-0.2, 0) is 9.59 Å². The molecule has 0 amide bonds. The van der Waals surface area contributed by atoms with Gasteiger partial charge in [-0.15, -0.1) is 0 Å². The minimum absolute atomic E-state index is 0.396. The molecule has 0 saturated carbocycles. The summed E-state index contributed by atoms with van der Waals surface area (Å²) < 4.78 is 14.0. The van der Waals surface area contributed by atoms with Crippen LogP contribution in [0.3, 0.4) is 0 Å². The van der Waals surface area contributed by atoms with Gasteiger partial charge in [0.05, 0.1) is 5.92 Å². The van der Waals surface area contributed by atoms with Gasteiger partial charge >= 0.3 is 11.9 Å². The molecule has 0 radical (unpaired) electrons. The molecule has 1 atom stereocenters. The molecule has 0 aliphatic carbocycles. The molecule has 2 aromatic rings. The normalized spacial score (nSPS) is 10.9. The van der Waals surface area contributed by atoms with Gasteiger partial charge in [-0.25, -0.2) is 9.18 Å². The lowest BCUT2D eigenvalue weighted by molar-refractivity contribution is -0.138. The quantitative estimate of drug-likeness (QED) is 0.838. The summed E-state index contributed by atoms with van der Waals surface area (Å²) in [6, 6.07) is 13.7. The molecule has 1 unspecified atom stereocenters. The van der Waals surface area contributed by atoms with E-state index in [9.17, 15) is 14.0 Å². The van der Waals surface area contributed by atoms with Gasteiger partial charge in [0.25, 0.3) is 0 Å². The van der Waals surface area contributed by atoms with Crippen LogP contribution in [0.15, 0.2) is 61.2 Å². The van der Waals surface area contributed by atoms with E-state index in [2.05, 4.69) is 6.58 Å². The predicted octanol–water partition coefficient (Wildman–Crippen LogP) is 3.94. The largest absolute Gasteiger partial charge is 0.481 e. The van der Waals surface area contributed by atoms with E-state index in [1.54, 1.807) is 19.1 Å². The number of carboxylic acids is 2. The molecular formula is C18H17FO4. The average molecular weight is 316 g/mol. The summed E-state index contributed by atoms with van der Waals surface area (Å²) in [4.78, 5) is 20.1. The maximum Gasteiger partial charge on any atom is 0.327 e. The van der Waals surface area contributed by atoms with E-state index in [1.165, 1.54) is 6.07 Å². The highest BCUT2D eigenvalue weighted by Gasteiger charge is 2.15. The van der Waals surface area contributed by atoms with Crippen molar-refractivity contribution in [1.29, 1.82) is 0 Å². The number of aliphatic carboxylic acids is 2. The van der Waals surface area contributed by atoms with Gasteiger partial charge in [-0.2, -0.15) is 0 Å². The molecule has 23 heavy (non-hydrogen) atoms. The molecule has 0 saturated heterocycles. The van der Waals surface area contributed by atoms with E-state index in [0.717, 1.165) is 11.6 Å². The van der Waals surface area contributed by atoms with Crippen molar-refractivity contribution < 1.29 is 24.2 Å². The van der Waals surface area contributed by atoms with Gasteiger partial charge in [0, 0.05) is 11.6 Å². The van der Waals surface area contributed by atoms with Crippen molar-refractivity contribution in [3.63, 3.8) is 0 Å². The molecule has 0 aliphatic rings. The van der Waals surface area contributed by atoms with Crippen LogP contribution in [0.25, 0.3) is 11.1 Å². The minimum Gasteiger partial charge on any atom is -0.481 e. The third-order valence-corrected chi connectivity index (χ3v) is 3.12. The van der Waals surface area contributed by atoms with Crippen LogP contribution >= 0.6 is 0 Å². The number of rotatable bonds is 4. The van der Waals surface area contributed by atoms with Crippen molar-refractivity contribution in [3.05, 3.63) is 72.6 Å². The summed E-state index contributed by atoms with van der Waals surface area (Å²) in [5, 5.41) is 16.5. The number of benzene rings is 2. The van der Waals surface area contributed by atoms with Crippen molar-refractivity contribution in [2.75, 3.05) is 0 Å². The van der Waals surface area contributed by atoms with E-state index in [-0.39, 0.29) is 0 Å². The monoisotopic (exact) mass is 316 g/mol. The Morgan fingerprint density at radius 3 is 2.13 bits per heavy atom. The first-order chi connectivity index (χ1) is 10.9. The zero-order valence-electron chi connectivity index (χ0n) is 12.6. The van der Waals surface area contributed by atoms with Crippen LogP contribution in [0.5, 0.6) is 0 Å². The third-order valence-electron chi connectivity index (χ3n) is 3.12. The number of hydrogen-bond acceptors (Lipinski definition) is 2. The van der Waals surface area contributed by atoms with Crippen molar-refractivity contribution in [3.8, 4) is 11.1 Å². The predicted molar refractivity (Wildman–Crippen MR) is 85.7 cm³/mol. The summed E-state index contributed by atoms with van der Waals surface area (Å²) in [6.45, 7) is 4.50. The van der Waals surface area contributed by atoms with Crippen LogP contribution < -0.4 is 0 Å². The molecule has 0 fully saturated rings. The van der Waals surface area contributed by atoms with Gasteiger partial charge in [-0.3, -0.25) is 4.79 Å². The van der Waals surface area contributed by atoms with Gasteiger partial charge in [-0.05, 0) is 24.1 Å². The van der Waals surface area contributed by atoms with E-state index in [4.69, 9.17) is 10.2 Å². The van der Waals surface area contributed by atoms with Gasteiger partial charge in [0.15, 0.2) is 0 Å². The Labute approximate surface area is 133 Å². The molecule has 2 aromatic carbocycles. The number of carbonyl (C=O) groups is 2. The molecule has 0 spiro atoms. The zero-order chi connectivity index (χ0) is 17.4. The van der Waals surface area contributed by atoms with E-state index >= 15 is 0 Å². The number of halogens is 1. The van der Waals surface area contributed by atoms with Crippen molar-refractivity contribution in [2.24, 2.45) is 0 Å². The molecule has 2 N–H and O–H groups in total. The molecule has 0 bridgehead atoms. The summed E-state index contributed by atoms with van der Waals surface area (Å²) in [5.74, 6) is -3.04. The fourth-order valence-electron chi connectivity index (χ4n) is 1.80. The maximum absolute atomic E-state index is 14.0. The lowest BCUT2D eigenvalue weighted by Gasteiger charge is -2.09. The standard InChI is InChI=1S/C15H13FO2.C3H4O2/c1-10(15(17)18)12-7-8-13(14(16)9-12)11-5-3-2-4-6-11;1-2-3(4)5/h2-10H,1H3,(H,17,18);2H,1H2,(H,4,5). The van der Waals surface area contributed by atoms with Gasteiger partial charge in [0.1, 0.15) is 5.82 Å². The number of carboxylic acid groups (broad SMARTS) is 2. The Hall–Kier alpha value is -2.95. The second kappa shape index (κ2) is 8.48. The average Bonchev–Trinajstić information content (AvgIpc) is 2.55. The summed E-state index contributed by atoms with van der Waals surface area (Å²) >= 11 is 0. The van der Waals surface area contributed by atoms with Crippen molar-refractivity contribution >= 4 is 11.9 Å². The molecule has 2 rings (SSSR count). The van der Waals surface area contributed by atoms with E-state index in [0.29, 0.717) is 11.1 Å². The van der Waals surface area contributed by atoms with Crippen LogP contribution in [0.4, 0.5) is 4.39 Å². The highest BCUT2D eigenvalue weighted by atomic mass is 19.1. The first-order valence-electron chi connectivity index (χ1n) is 6.79. The summed E-state index contributed by atoms with van der Waals surface area (Å²) in [5.41, 5.74) is 1.74. The van der Waals surface area contributed by atoms with Crippen LogP contribution in [0.2, 0.25) is 0 Å². The highest BCUT2D eigenvalue weighted by Crippen LogP contribution is 2.26. The Kier molecular flexibility index (Phi) is 6.68. The molecule has 0 aliphatic heterocycles. The van der Waals surface area contributed by atoms with E-state index in [1.807, 2.05) is 30.3 Å². The highest BCUT2D eigenvalue weighted by molar-refractivity contribution is 5.78. The maximum atomic E-state index is 14.0. The smallest absolute Gasteiger partial charge is 0.327 e. The van der Waals surface area contributed by atoms with Gasteiger partial charge in [-0.1, -0.05) is 49.0 Å². The first-order valence-corrected chi connectivity index (χ1v) is 6.79. The Bertz CT molecular complexity index is 695. The third kappa shape index (κ3) is 5.39. The molecule has 0 aromatic heterocycles. The molecular weight excluding hydrogens is 299 g/mol. The molecule has 5 heteroatoms. The molecule has 120 valence electrons. The van der Waals surface area contributed by atoms with Crippen LogP contribution in [0.1, 0.15) is 18.4 Å². The second-order valence-corrected chi connectivity index (χ2v) is 4.71. The minimum atomic E-state index is -0.981. The Morgan fingerprint density at radius 1 is 1.13 bits per heavy atom. The molecule has 0 heterocycles. The van der Waals surface area contributed by atoms with E-state index < -0.39 is 23.7 Å². The second-order valence-electron chi connectivity index (χ2n) is 4.71. The fraction of sp³-hybridized carbons (Fsp3) is 0.111. The topological polar surface area (TPSA) is 74.6 Å². The van der Waals surface area contributed by atoms with Gasteiger partial charge in [0.2, 0.25) is 0 Å². The van der Waals surface area contributed by atoms with Crippen molar-refractivity contribution in [2.45, 2.75) is 12.8 Å². The number of hydrogen-bond donors (Lipinski definition) is 2. The SMILES string of the molecule is C=CC(=O)O.CC(C(=O)O)c1ccc(-c2ccccc2)c(F)c1. The Balaban J connectivity index is 0.000000463.